The molecule has 1 heterocycles. The van der Waals surface area contributed by atoms with Gasteiger partial charge in [-0.3, -0.25) is 14.6 Å². The zero-order valence-corrected chi connectivity index (χ0v) is 15.2. The first kappa shape index (κ1) is 17.3. The Labute approximate surface area is 158 Å². The van der Waals surface area contributed by atoms with E-state index in [4.69, 9.17) is 0 Å². The SMILES string of the molecule is CC1=NN(c2ccc(C(=O)Nc3cccc(NC(=O)C4CC4)c3)cc2)CC1. The molecule has 0 atom stereocenters. The van der Waals surface area contributed by atoms with E-state index in [9.17, 15) is 9.59 Å². The number of hydrazone groups is 1. The molecule has 138 valence electrons. The lowest BCUT2D eigenvalue weighted by Gasteiger charge is -2.14. The predicted octanol–water partition coefficient (Wildman–Crippen LogP) is 3.87. The third-order valence-electron chi connectivity index (χ3n) is 4.74. The van der Waals surface area contributed by atoms with Crippen molar-refractivity contribution in [3.63, 3.8) is 0 Å². The summed E-state index contributed by atoms with van der Waals surface area (Å²) in [5.74, 6) is 0.00712. The van der Waals surface area contributed by atoms with E-state index in [0.717, 1.165) is 37.2 Å². The molecule has 2 N–H and O–H groups in total. The number of nitrogens with one attached hydrogen (secondary N) is 2. The van der Waals surface area contributed by atoms with E-state index in [1.807, 2.05) is 36.2 Å². The lowest BCUT2D eigenvalue weighted by Crippen LogP contribution is -2.15. The number of carbonyl (C=O) groups is 2. The molecule has 1 aliphatic heterocycles. The van der Waals surface area contributed by atoms with Gasteiger partial charge in [0.2, 0.25) is 5.91 Å². The molecule has 6 heteroatoms. The van der Waals surface area contributed by atoms with E-state index < -0.39 is 0 Å². The third-order valence-corrected chi connectivity index (χ3v) is 4.74. The van der Waals surface area contributed by atoms with Crippen molar-refractivity contribution in [2.75, 3.05) is 22.2 Å². The number of anilines is 3. The van der Waals surface area contributed by atoms with Crippen molar-refractivity contribution in [2.45, 2.75) is 26.2 Å². The standard InChI is InChI=1S/C21H22N4O2/c1-14-11-12-25(24-14)19-9-7-16(8-10-19)21(27)23-18-4-2-3-17(13-18)22-20(26)15-5-6-15/h2-4,7-10,13,15H,5-6,11-12H2,1H3,(H,22,26)(H,23,27). The second-order valence-electron chi connectivity index (χ2n) is 7.05. The Morgan fingerprint density at radius 3 is 2.37 bits per heavy atom. The maximum absolute atomic E-state index is 12.5. The average molecular weight is 362 g/mol. The van der Waals surface area contributed by atoms with E-state index in [0.29, 0.717) is 16.9 Å². The topological polar surface area (TPSA) is 73.8 Å². The Hall–Kier alpha value is -3.15. The van der Waals surface area contributed by atoms with Crippen LogP contribution in [0.3, 0.4) is 0 Å². The van der Waals surface area contributed by atoms with Gasteiger partial charge in [0, 0.05) is 41.5 Å². The number of hydrogen-bond acceptors (Lipinski definition) is 4. The number of nitrogens with zero attached hydrogens (tertiary/aromatic N) is 2. The van der Waals surface area contributed by atoms with Gasteiger partial charge in [-0.2, -0.15) is 5.10 Å². The van der Waals surface area contributed by atoms with E-state index in [-0.39, 0.29) is 17.7 Å². The van der Waals surface area contributed by atoms with Crippen LogP contribution in [0.5, 0.6) is 0 Å². The van der Waals surface area contributed by atoms with Crippen LogP contribution in [0.25, 0.3) is 0 Å². The predicted molar refractivity (Wildman–Crippen MR) is 107 cm³/mol. The molecule has 2 aliphatic rings. The van der Waals surface area contributed by atoms with Crippen molar-refractivity contribution in [3.05, 3.63) is 54.1 Å². The van der Waals surface area contributed by atoms with Crippen LogP contribution in [0, 0.1) is 5.92 Å². The van der Waals surface area contributed by atoms with E-state index in [1.165, 1.54) is 0 Å². The summed E-state index contributed by atoms with van der Waals surface area (Å²) in [6, 6.07) is 14.6. The Kier molecular flexibility index (Phi) is 4.62. The van der Waals surface area contributed by atoms with Crippen molar-refractivity contribution >= 4 is 34.6 Å². The Morgan fingerprint density at radius 2 is 1.74 bits per heavy atom. The molecule has 2 aromatic carbocycles. The Bertz CT molecular complexity index is 901. The summed E-state index contributed by atoms with van der Waals surface area (Å²) in [7, 11) is 0. The van der Waals surface area contributed by atoms with Crippen LogP contribution in [0.4, 0.5) is 17.1 Å². The summed E-state index contributed by atoms with van der Waals surface area (Å²) in [5.41, 5.74) is 4.02. The second-order valence-corrected chi connectivity index (χ2v) is 7.05. The molecule has 0 radical (unpaired) electrons. The first-order chi connectivity index (χ1) is 13.1. The summed E-state index contributed by atoms with van der Waals surface area (Å²) >= 11 is 0. The number of hydrogen-bond donors (Lipinski definition) is 2. The summed E-state index contributed by atoms with van der Waals surface area (Å²) in [6.07, 6.45) is 2.89. The summed E-state index contributed by atoms with van der Waals surface area (Å²) in [6.45, 7) is 2.89. The minimum Gasteiger partial charge on any atom is -0.326 e. The van der Waals surface area contributed by atoms with Gasteiger partial charge in [0.25, 0.3) is 5.91 Å². The highest BCUT2D eigenvalue weighted by Gasteiger charge is 2.29. The summed E-state index contributed by atoms with van der Waals surface area (Å²) in [4.78, 5) is 24.4. The van der Waals surface area contributed by atoms with Gasteiger partial charge in [-0.05, 0) is 62.2 Å². The average Bonchev–Trinajstić information content (AvgIpc) is 3.43. The summed E-state index contributed by atoms with van der Waals surface area (Å²) in [5, 5.41) is 12.2. The highest BCUT2D eigenvalue weighted by molar-refractivity contribution is 6.05. The fourth-order valence-electron chi connectivity index (χ4n) is 3.01. The van der Waals surface area contributed by atoms with Gasteiger partial charge < -0.3 is 10.6 Å². The van der Waals surface area contributed by atoms with Crippen LogP contribution in [0.15, 0.2) is 53.6 Å². The lowest BCUT2D eigenvalue weighted by molar-refractivity contribution is -0.117. The highest BCUT2D eigenvalue weighted by Crippen LogP contribution is 2.30. The van der Waals surface area contributed by atoms with Crippen molar-refractivity contribution in [2.24, 2.45) is 11.0 Å². The van der Waals surface area contributed by atoms with Crippen molar-refractivity contribution in [1.29, 1.82) is 0 Å². The number of amides is 2. The van der Waals surface area contributed by atoms with Gasteiger partial charge in [-0.1, -0.05) is 6.07 Å². The van der Waals surface area contributed by atoms with Crippen molar-refractivity contribution in [1.82, 2.24) is 0 Å². The van der Waals surface area contributed by atoms with Crippen LogP contribution in [-0.4, -0.2) is 24.1 Å². The number of benzene rings is 2. The van der Waals surface area contributed by atoms with Gasteiger partial charge in [-0.15, -0.1) is 0 Å². The first-order valence-electron chi connectivity index (χ1n) is 9.22. The largest absolute Gasteiger partial charge is 0.326 e. The van der Waals surface area contributed by atoms with Gasteiger partial charge in [0.05, 0.1) is 5.69 Å². The molecule has 6 nitrogen and oxygen atoms in total. The maximum Gasteiger partial charge on any atom is 0.255 e. The monoisotopic (exact) mass is 362 g/mol. The first-order valence-corrected chi connectivity index (χ1v) is 9.22. The van der Waals surface area contributed by atoms with Crippen molar-refractivity contribution < 1.29 is 9.59 Å². The molecule has 1 saturated carbocycles. The molecular formula is C21H22N4O2. The quantitative estimate of drug-likeness (QED) is 0.848. The zero-order chi connectivity index (χ0) is 18.8. The Balaban J connectivity index is 1.40. The number of rotatable bonds is 5. The molecule has 2 aromatic rings. The van der Waals surface area contributed by atoms with Gasteiger partial charge in [-0.25, -0.2) is 0 Å². The Morgan fingerprint density at radius 1 is 1.04 bits per heavy atom. The molecule has 1 fully saturated rings. The summed E-state index contributed by atoms with van der Waals surface area (Å²) < 4.78 is 0. The zero-order valence-electron chi connectivity index (χ0n) is 15.2. The van der Waals surface area contributed by atoms with Crippen LogP contribution in [0.2, 0.25) is 0 Å². The molecule has 0 spiro atoms. The second kappa shape index (κ2) is 7.23. The van der Waals surface area contributed by atoms with E-state index in [1.54, 1.807) is 24.3 Å². The molecule has 4 rings (SSSR count). The van der Waals surface area contributed by atoms with Crippen molar-refractivity contribution in [3.8, 4) is 0 Å². The molecule has 0 saturated heterocycles. The number of carbonyl (C=O) groups excluding carboxylic acids is 2. The van der Waals surface area contributed by atoms with Crippen LogP contribution < -0.4 is 15.6 Å². The molecule has 0 aromatic heterocycles. The fraction of sp³-hybridized carbons (Fsp3) is 0.286. The maximum atomic E-state index is 12.5. The highest BCUT2D eigenvalue weighted by atomic mass is 16.2. The lowest BCUT2D eigenvalue weighted by atomic mass is 10.1. The molecule has 27 heavy (non-hydrogen) atoms. The van der Waals surface area contributed by atoms with Crippen LogP contribution in [0.1, 0.15) is 36.5 Å². The minimum atomic E-state index is -0.187. The molecule has 0 bridgehead atoms. The smallest absolute Gasteiger partial charge is 0.255 e. The molecule has 0 unspecified atom stereocenters. The van der Waals surface area contributed by atoms with E-state index in [2.05, 4.69) is 15.7 Å². The van der Waals surface area contributed by atoms with Gasteiger partial charge in [0.15, 0.2) is 0 Å². The normalized spacial score (nSPS) is 16.0. The van der Waals surface area contributed by atoms with Crippen LogP contribution >= 0.6 is 0 Å². The third kappa shape index (κ3) is 4.16. The van der Waals surface area contributed by atoms with Crippen LogP contribution in [-0.2, 0) is 4.79 Å². The van der Waals surface area contributed by atoms with Gasteiger partial charge >= 0.3 is 0 Å². The molecule has 2 amide bonds. The minimum absolute atomic E-state index is 0.0499. The van der Waals surface area contributed by atoms with Gasteiger partial charge in [0.1, 0.15) is 0 Å². The fourth-order valence-corrected chi connectivity index (χ4v) is 3.01. The van der Waals surface area contributed by atoms with E-state index >= 15 is 0 Å². The molecular weight excluding hydrogens is 340 g/mol. The molecule has 1 aliphatic carbocycles.